The van der Waals surface area contributed by atoms with Crippen LogP contribution in [0.3, 0.4) is 0 Å². The van der Waals surface area contributed by atoms with Crippen LogP contribution in [0.5, 0.6) is 0 Å². The summed E-state index contributed by atoms with van der Waals surface area (Å²) < 4.78 is 5.37. The number of rotatable bonds is 7. The molecule has 0 amide bonds. The minimum Gasteiger partial charge on any atom is -0.481 e. The van der Waals surface area contributed by atoms with Gasteiger partial charge in [-0.15, -0.1) is 0 Å². The van der Waals surface area contributed by atoms with Gasteiger partial charge in [0.15, 0.2) is 0 Å². The fourth-order valence-electron chi connectivity index (χ4n) is 0.839. The van der Waals surface area contributed by atoms with Gasteiger partial charge in [0.05, 0.1) is 6.10 Å². The highest BCUT2D eigenvalue weighted by Crippen LogP contribution is 2.02. The van der Waals surface area contributed by atoms with Crippen molar-refractivity contribution < 1.29 is 14.6 Å². The highest BCUT2D eigenvalue weighted by molar-refractivity contribution is 5.66. The molecule has 0 aromatic rings. The Kier molecular flexibility index (Phi) is 6.76. The molecule has 1 N–H and O–H groups in total. The zero-order valence-corrected chi connectivity index (χ0v) is 7.88. The molecular weight excluding hydrogens is 156 g/mol. The third kappa shape index (κ3) is 7.54. The summed E-state index contributed by atoms with van der Waals surface area (Å²) in [5.41, 5.74) is 0. The molecule has 0 radical (unpaired) electrons. The maximum atomic E-state index is 10.2. The van der Waals surface area contributed by atoms with E-state index >= 15 is 0 Å². The molecule has 0 aromatic heterocycles. The lowest BCUT2D eigenvalue weighted by Crippen LogP contribution is -2.11. The van der Waals surface area contributed by atoms with Crippen molar-refractivity contribution in [3.8, 4) is 0 Å². The summed E-state index contributed by atoms with van der Waals surface area (Å²) in [6.45, 7) is 4.77. The van der Waals surface area contributed by atoms with Crippen molar-refractivity contribution in [1.29, 1.82) is 0 Å². The summed E-state index contributed by atoms with van der Waals surface area (Å²) in [6.07, 6.45) is 3.06. The molecule has 3 heteroatoms. The third-order valence-corrected chi connectivity index (χ3v) is 1.66. The number of carbonyl (C=O) groups is 1. The zero-order valence-electron chi connectivity index (χ0n) is 7.88. The molecule has 0 aliphatic heterocycles. The summed E-state index contributed by atoms with van der Waals surface area (Å²) in [7, 11) is 0. The molecule has 0 aliphatic rings. The van der Waals surface area contributed by atoms with E-state index in [9.17, 15) is 4.79 Å². The molecule has 3 nitrogen and oxygen atoms in total. The quantitative estimate of drug-likeness (QED) is 0.601. The predicted molar refractivity (Wildman–Crippen MR) is 47.2 cm³/mol. The molecule has 1 atom stereocenters. The van der Waals surface area contributed by atoms with Gasteiger partial charge in [0.25, 0.3) is 0 Å². The van der Waals surface area contributed by atoms with E-state index in [2.05, 4.69) is 6.92 Å². The molecular formula is C9H18O3. The van der Waals surface area contributed by atoms with Gasteiger partial charge in [0, 0.05) is 13.0 Å². The molecule has 0 aromatic carbocycles. The Balaban J connectivity index is 3.21. The van der Waals surface area contributed by atoms with Gasteiger partial charge in [-0.3, -0.25) is 4.79 Å². The lowest BCUT2D eigenvalue weighted by atomic mass is 10.2. The number of carboxylic acids is 1. The van der Waals surface area contributed by atoms with E-state index in [4.69, 9.17) is 9.84 Å². The Labute approximate surface area is 73.7 Å². The molecule has 72 valence electrons. The maximum Gasteiger partial charge on any atom is 0.303 e. The van der Waals surface area contributed by atoms with Gasteiger partial charge in [-0.2, -0.15) is 0 Å². The normalized spacial score (nSPS) is 12.8. The van der Waals surface area contributed by atoms with E-state index in [0.717, 1.165) is 19.4 Å². The Bertz CT molecular complexity index is 123. The summed E-state index contributed by atoms with van der Waals surface area (Å²) in [5, 5.41) is 8.38. The second-order valence-corrected chi connectivity index (χ2v) is 2.97. The fraction of sp³-hybridized carbons (Fsp3) is 0.889. The average Bonchev–Trinajstić information content (AvgIpc) is 2.01. The van der Waals surface area contributed by atoms with E-state index in [1.54, 1.807) is 0 Å². The maximum absolute atomic E-state index is 10.2. The van der Waals surface area contributed by atoms with Crippen LogP contribution in [0.2, 0.25) is 0 Å². The van der Waals surface area contributed by atoms with Crippen LogP contribution in [-0.2, 0) is 9.53 Å². The van der Waals surface area contributed by atoms with Crippen molar-refractivity contribution in [1.82, 2.24) is 0 Å². The number of unbranched alkanes of at least 4 members (excludes halogenated alkanes) is 1. The Morgan fingerprint density at radius 1 is 1.58 bits per heavy atom. The minimum atomic E-state index is -0.749. The van der Waals surface area contributed by atoms with Crippen molar-refractivity contribution in [2.75, 3.05) is 6.61 Å². The fourth-order valence-corrected chi connectivity index (χ4v) is 0.839. The molecule has 0 fully saturated rings. The van der Waals surface area contributed by atoms with Crippen LogP contribution in [0.4, 0.5) is 0 Å². The van der Waals surface area contributed by atoms with E-state index in [1.165, 1.54) is 0 Å². The van der Waals surface area contributed by atoms with Crippen LogP contribution < -0.4 is 0 Å². The van der Waals surface area contributed by atoms with Crippen molar-refractivity contribution in [3.05, 3.63) is 0 Å². The smallest absolute Gasteiger partial charge is 0.303 e. The standard InChI is InChI=1S/C9H18O3/c1-3-4-7-12-8(2)5-6-9(10)11/h8H,3-7H2,1-2H3,(H,10,11). The van der Waals surface area contributed by atoms with Crippen LogP contribution in [0, 0.1) is 0 Å². The largest absolute Gasteiger partial charge is 0.481 e. The first-order chi connectivity index (χ1) is 5.66. The molecule has 1 unspecified atom stereocenters. The van der Waals surface area contributed by atoms with Crippen molar-refractivity contribution in [2.45, 2.75) is 45.6 Å². The lowest BCUT2D eigenvalue weighted by molar-refractivity contribution is -0.137. The SMILES string of the molecule is CCCCOC(C)CCC(=O)O. The van der Waals surface area contributed by atoms with Gasteiger partial charge >= 0.3 is 5.97 Å². The van der Waals surface area contributed by atoms with E-state index in [-0.39, 0.29) is 12.5 Å². The van der Waals surface area contributed by atoms with Gasteiger partial charge in [0.2, 0.25) is 0 Å². The minimum absolute atomic E-state index is 0.0765. The van der Waals surface area contributed by atoms with Gasteiger partial charge in [0.1, 0.15) is 0 Å². The van der Waals surface area contributed by atoms with Gasteiger partial charge in [-0.25, -0.2) is 0 Å². The zero-order chi connectivity index (χ0) is 9.40. The average molecular weight is 174 g/mol. The van der Waals surface area contributed by atoms with Crippen LogP contribution in [0.25, 0.3) is 0 Å². The van der Waals surface area contributed by atoms with E-state index in [1.807, 2.05) is 6.92 Å². The first kappa shape index (κ1) is 11.4. The molecule has 12 heavy (non-hydrogen) atoms. The monoisotopic (exact) mass is 174 g/mol. The number of hydrogen-bond acceptors (Lipinski definition) is 2. The summed E-state index contributed by atoms with van der Waals surface area (Å²) in [6, 6.07) is 0. The predicted octanol–water partition coefficient (Wildman–Crippen LogP) is 2.06. The molecule has 0 heterocycles. The Morgan fingerprint density at radius 2 is 2.25 bits per heavy atom. The molecule has 0 rings (SSSR count). The Hall–Kier alpha value is -0.570. The van der Waals surface area contributed by atoms with E-state index in [0.29, 0.717) is 6.42 Å². The molecule has 0 spiro atoms. The van der Waals surface area contributed by atoms with Gasteiger partial charge < -0.3 is 9.84 Å². The number of hydrogen-bond donors (Lipinski definition) is 1. The lowest BCUT2D eigenvalue weighted by Gasteiger charge is -2.10. The highest BCUT2D eigenvalue weighted by Gasteiger charge is 2.04. The van der Waals surface area contributed by atoms with Crippen LogP contribution in [0.15, 0.2) is 0 Å². The second-order valence-electron chi connectivity index (χ2n) is 2.97. The van der Waals surface area contributed by atoms with Crippen molar-refractivity contribution in [3.63, 3.8) is 0 Å². The summed E-state index contributed by atoms with van der Waals surface area (Å²) >= 11 is 0. The van der Waals surface area contributed by atoms with Crippen LogP contribution >= 0.6 is 0 Å². The van der Waals surface area contributed by atoms with Gasteiger partial charge in [-0.05, 0) is 19.8 Å². The second kappa shape index (κ2) is 7.10. The van der Waals surface area contributed by atoms with Crippen LogP contribution in [0.1, 0.15) is 39.5 Å². The molecule has 0 bridgehead atoms. The topological polar surface area (TPSA) is 46.5 Å². The summed E-state index contributed by atoms with van der Waals surface area (Å²) in [5.74, 6) is -0.749. The first-order valence-corrected chi connectivity index (χ1v) is 4.50. The third-order valence-electron chi connectivity index (χ3n) is 1.66. The van der Waals surface area contributed by atoms with Crippen LogP contribution in [-0.4, -0.2) is 23.8 Å². The van der Waals surface area contributed by atoms with Crippen molar-refractivity contribution >= 4 is 5.97 Å². The first-order valence-electron chi connectivity index (χ1n) is 4.50. The van der Waals surface area contributed by atoms with Crippen molar-refractivity contribution in [2.24, 2.45) is 0 Å². The molecule has 0 aliphatic carbocycles. The molecule has 0 saturated heterocycles. The van der Waals surface area contributed by atoms with E-state index < -0.39 is 5.97 Å². The Morgan fingerprint density at radius 3 is 2.75 bits per heavy atom. The number of aliphatic carboxylic acids is 1. The number of carboxylic acid groups (broad SMARTS) is 1. The number of ether oxygens (including phenoxy) is 1. The highest BCUT2D eigenvalue weighted by atomic mass is 16.5. The summed E-state index contributed by atoms with van der Waals surface area (Å²) in [4.78, 5) is 10.2. The molecule has 0 saturated carbocycles. The van der Waals surface area contributed by atoms with Gasteiger partial charge in [-0.1, -0.05) is 13.3 Å².